The number of hydrogen-bond donors (Lipinski definition) is 3. The van der Waals surface area contributed by atoms with Gasteiger partial charge in [0.15, 0.2) is 23.2 Å². The number of likely N-dealkylation sites (N-methyl/N-ethyl adjacent to an activating group) is 1. The Bertz CT molecular complexity index is 1510. The lowest BCUT2D eigenvalue weighted by atomic mass is 9.76. The molecule has 3 heterocycles. The molecule has 3 aliphatic rings. The summed E-state index contributed by atoms with van der Waals surface area (Å²) >= 11 is -0.930. The molecule has 12 nitrogen and oxygen atoms in total. The third kappa shape index (κ3) is 15.7. The van der Waals surface area contributed by atoms with Crippen LogP contribution in [0.1, 0.15) is 122 Å². The van der Waals surface area contributed by atoms with E-state index in [0.717, 1.165) is 56.3 Å². The number of carbonyl (C=O) groups is 4. The number of rotatable bonds is 14. The summed E-state index contributed by atoms with van der Waals surface area (Å²) in [6.07, 6.45) is 15.0. The molecule has 2 aliphatic heterocycles. The maximum atomic E-state index is 13.0. The third-order valence-corrected chi connectivity index (χ3v) is 11.8. The van der Waals surface area contributed by atoms with Gasteiger partial charge in [0.25, 0.3) is 0 Å². The van der Waals surface area contributed by atoms with Gasteiger partial charge >= 0.3 is 6.09 Å². The number of alkyl carbamates (subject to hydrolysis) is 1. The number of hydrogen-bond acceptors (Lipinski definition) is 8. The number of fused-ring (bicyclic) bond motifs is 1. The third-order valence-electron chi connectivity index (χ3n) is 10.6. The van der Waals surface area contributed by atoms with Crippen molar-refractivity contribution in [2.24, 2.45) is 17.8 Å². The van der Waals surface area contributed by atoms with Crippen molar-refractivity contribution in [2.75, 3.05) is 45.7 Å². The first kappa shape index (κ1) is 46.2. The number of nitrogens with zero attached hydrogens (tertiary/aromatic N) is 2. The second kappa shape index (κ2) is 23.8. The Balaban J connectivity index is 0.000000245. The van der Waals surface area contributed by atoms with Crippen molar-refractivity contribution >= 4 is 52.4 Å². The Kier molecular flexibility index (Phi) is 20.0. The zero-order chi connectivity index (χ0) is 40.4. The first-order chi connectivity index (χ1) is 26.3. The number of benzene rings is 1. The van der Waals surface area contributed by atoms with Gasteiger partial charge < -0.3 is 24.6 Å². The van der Waals surface area contributed by atoms with Crippen molar-refractivity contribution in [3.63, 3.8) is 0 Å². The number of anilines is 1. The van der Waals surface area contributed by atoms with Crippen LogP contribution in [0.4, 0.5) is 14.9 Å². The molecule has 1 aromatic heterocycles. The number of amides is 2. The summed E-state index contributed by atoms with van der Waals surface area (Å²) in [4.78, 5) is 48.2. The summed E-state index contributed by atoms with van der Waals surface area (Å²) < 4.78 is 39.1. The lowest BCUT2D eigenvalue weighted by Crippen LogP contribution is -2.43. The maximum Gasteiger partial charge on any atom is 0.407 e. The average molecular weight is 792 g/mol. The first-order valence-corrected chi connectivity index (χ1v) is 21.3. The van der Waals surface area contributed by atoms with Gasteiger partial charge in [-0.05, 0) is 116 Å². The highest BCUT2D eigenvalue weighted by atomic mass is 32.2. The van der Waals surface area contributed by atoms with Gasteiger partial charge in [0.2, 0.25) is 5.91 Å². The van der Waals surface area contributed by atoms with Gasteiger partial charge in [-0.3, -0.25) is 14.5 Å². The van der Waals surface area contributed by atoms with E-state index in [1.807, 2.05) is 23.4 Å². The van der Waals surface area contributed by atoms with E-state index in [1.54, 1.807) is 40.0 Å². The van der Waals surface area contributed by atoms with Crippen LogP contribution in [-0.4, -0.2) is 96.1 Å². The predicted molar refractivity (Wildman–Crippen MR) is 217 cm³/mol. The molecule has 5 unspecified atom stereocenters. The molecule has 2 amide bonds. The van der Waals surface area contributed by atoms with Crippen molar-refractivity contribution < 1.29 is 36.9 Å². The van der Waals surface area contributed by atoms with E-state index in [1.165, 1.54) is 51.4 Å². The average Bonchev–Trinajstić information content (AvgIpc) is 3.79. The number of ether oxygens (including phenoxy) is 1. The van der Waals surface area contributed by atoms with Gasteiger partial charge in [-0.1, -0.05) is 51.9 Å². The molecule has 0 spiro atoms. The van der Waals surface area contributed by atoms with Gasteiger partial charge in [-0.15, -0.1) is 0 Å². The molecule has 1 aromatic carbocycles. The summed E-state index contributed by atoms with van der Waals surface area (Å²) in [6, 6.07) is 6.61. The molecule has 0 bridgehead atoms. The molecule has 0 radical (unpaired) electrons. The zero-order valence-electron chi connectivity index (χ0n) is 33.9. The van der Waals surface area contributed by atoms with Crippen molar-refractivity contribution in [3.8, 4) is 0 Å². The Hall–Kier alpha value is -3.20. The molecule has 3 fully saturated rings. The molecule has 2 saturated heterocycles. The smallest absolute Gasteiger partial charge is 0.407 e. The second-order valence-corrected chi connectivity index (χ2v) is 17.4. The lowest BCUT2D eigenvalue weighted by molar-refractivity contribution is -0.121. The Labute approximate surface area is 330 Å². The van der Waals surface area contributed by atoms with Gasteiger partial charge in [0.05, 0.1) is 12.1 Å². The molecular formula is C41H66FN5O7S. The number of carbonyl (C=O) groups excluding carboxylic acids is 4. The Morgan fingerprint density at radius 1 is 1.02 bits per heavy atom. The van der Waals surface area contributed by atoms with Crippen LogP contribution in [0.15, 0.2) is 28.7 Å². The number of likely N-dealkylation sites (tertiary alicyclic amines) is 1. The number of nitrogens with one attached hydrogen (secondary N) is 3. The highest BCUT2D eigenvalue weighted by molar-refractivity contribution is 7.80. The highest BCUT2D eigenvalue weighted by Crippen LogP contribution is 2.39. The number of furan rings is 1. The Morgan fingerprint density at radius 2 is 1.71 bits per heavy atom. The fraction of sp³-hybridized carbons (Fsp3) is 0.707. The molecule has 3 N–H and O–H groups in total. The number of alkyl halides is 1. The summed E-state index contributed by atoms with van der Waals surface area (Å²) in [7, 11) is 3.79. The molecule has 310 valence electrons. The van der Waals surface area contributed by atoms with Crippen molar-refractivity contribution in [1.82, 2.24) is 19.2 Å². The largest absolute Gasteiger partial charge is 0.453 e. The van der Waals surface area contributed by atoms with Crippen molar-refractivity contribution in [2.45, 2.75) is 129 Å². The van der Waals surface area contributed by atoms with Crippen LogP contribution in [0.5, 0.6) is 0 Å². The molecule has 14 heteroatoms. The molecule has 2 aromatic rings. The van der Waals surface area contributed by atoms with Crippen molar-refractivity contribution in [3.05, 3.63) is 30.0 Å². The van der Waals surface area contributed by atoms with E-state index < -0.39 is 35.6 Å². The zero-order valence-corrected chi connectivity index (χ0v) is 34.7. The SMILES string of the molecule is CCC(C=O)CCCC(CF)NC(=O)OC(C)(C)C.CN1CCC(C2CCCCC2)C1C(=O)Nc1ccc2oc(C=O)cc2c1.CNS(=O)N1CCCCC1. The molecule has 1 aliphatic carbocycles. The standard InChI is InChI=1S/C21H26N2O3.C14H26FNO3.C6H14N2OS/c1-23-10-9-18(14-5-3-2-4-6-14)20(23)21(25)22-16-7-8-19-15(11-16)12-17(13-24)26-19;1-5-11(10-17)7-6-8-12(9-15)16-13(18)19-14(2,3)4;1-7-10(9)8-5-3-2-4-6-8/h7-8,11-14,18,20H,2-6,9-10H2,1H3,(H,22,25);10-12H,5-9H2,1-4H3,(H,16,18);7H,2-6H2,1H3. The molecule has 1 saturated carbocycles. The summed E-state index contributed by atoms with van der Waals surface area (Å²) in [5.41, 5.74) is 0.821. The van der Waals surface area contributed by atoms with Crippen LogP contribution in [0, 0.1) is 17.8 Å². The number of piperidine rings is 1. The predicted octanol–water partition coefficient (Wildman–Crippen LogP) is 7.60. The second-order valence-electron chi connectivity index (χ2n) is 16.0. The minimum absolute atomic E-state index is 0.0294. The van der Waals surface area contributed by atoms with E-state index in [0.29, 0.717) is 42.3 Å². The van der Waals surface area contributed by atoms with E-state index in [9.17, 15) is 27.8 Å². The van der Waals surface area contributed by atoms with Crippen LogP contribution < -0.4 is 15.4 Å². The Morgan fingerprint density at radius 3 is 2.31 bits per heavy atom. The van der Waals surface area contributed by atoms with E-state index in [2.05, 4.69) is 27.3 Å². The van der Waals surface area contributed by atoms with Gasteiger partial charge in [-0.2, -0.15) is 0 Å². The minimum atomic E-state index is -0.930. The molecule has 5 rings (SSSR count). The summed E-state index contributed by atoms with van der Waals surface area (Å²) in [5, 5.41) is 6.43. The van der Waals surface area contributed by atoms with E-state index >= 15 is 0 Å². The first-order valence-electron chi connectivity index (χ1n) is 20.2. The molecule has 55 heavy (non-hydrogen) atoms. The van der Waals surface area contributed by atoms with Crippen LogP contribution in [0.2, 0.25) is 0 Å². The highest BCUT2D eigenvalue weighted by Gasteiger charge is 2.41. The number of halogens is 1. The number of aldehydes is 2. The monoisotopic (exact) mass is 791 g/mol. The summed E-state index contributed by atoms with van der Waals surface area (Å²) in [5.74, 6) is 1.55. The van der Waals surface area contributed by atoms with Crippen molar-refractivity contribution in [1.29, 1.82) is 0 Å². The van der Waals surface area contributed by atoms with E-state index in [4.69, 9.17) is 9.15 Å². The normalized spacial score (nSPS) is 21.2. The molecular weight excluding hydrogens is 726 g/mol. The van der Waals surface area contributed by atoms with Crippen LogP contribution in [0.3, 0.4) is 0 Å². The minimum Gasteiger partial charge on any atom is -0.453 e. The summed E-state index contributed by atoms with van der Waals surface area (Å²) in [6.45, 7) is 9.54. The quantitative estimate of drug-likeness (QED) is 0.166. The topological polar surface area (TPSA) is 150 Å². The fourth-order valence-corrected chi connectivity index (χ4v) is 8.51. The van der Waals surface area contributed by atoms with Crippen LogP contribution in [-0.2, 0) is 25.5 Å². The van der Waals surface area contributed by atoms with Gasteiger partial charge in [0.1, 0.15) is 24.1 Å². The molecule has 5 atom stereocenters. The van der Waals surface area contributed by atoms with Crippen LogP contribution >= 0.6 is 0 Å². The van der Waals surface area contributed by atoms with Crippen LogP contribution in [0.25, 0.3) is 11.0 Å². The van der Waals surface area contributed by atoms with Gasteiger partial charge in [0, 0.05) is 30.1 Å². The maximum absolute atomic E-state index is 13.0. The lowest BCUT2D eigenvalue weighted by Gasteiger charge is -2.32. The van der Waals surface area contributed by atoms with Gasteiger partial charge in [-0.25, -0.2) is 22.4 Å². The fourth-order valence-electron chi connectivity index (χ4n) is 7.66. The van der Waals surface area contributed by atoms with E-state index in [-0.39, 0.29) is 17.9 Å².